The van der Waals surface area contributed by atoms with Crippen LogP contribution in [0.3, 0.4) is 0 Å². The van der Waals surface area contributed by atoms with Gasteiger partial charge in [0.25, 0.3) is 0 Å². The molecule has 0 saturated carbocycles. The maximum absolute atomic E-state index is 13.5. The minimum atomic E-state index is -0.671. The lowest BCUT2D eigenvalue weighted by atomic mass is 9.92. The van der Waals surface area contributed by atoms with Crippen LogP contribution in [0.1, 0.15) is 99.1 Å². The molecule has 0 heterocycles. The summed E-state index contributed by atoms with van der Waals surface area (Å²) in [5, 5.41) is 5.64. The van der Waals surface area contributed by atoms with Crippen LogP contribution >= 0.6 is 0 Å². The largest absolute Gasteiger partial charge is 0.444 e. The van der Waals surface area contributed by atoms with E-state index in [2.05, 4.69) is 59.2 Å². The lowest BCUT2D eigenvalue weighted by Crippen LogP contribution is -2.47. The normalized spacial score (nSPS) is 12.6. The molecular weight excluding hydrogens is 594 g/mol. The van der Waals surface area contributed by atoms with Crippen molar-refractivity contribution < 1.29 is 28.6 Å². The third-order valence-corrected chi connectivity index (χ3v) is 7.09. The predicted octanol–water partition coefficient (Wildman–Crippen LogP) is 8.30. The third-order valence-electron chi connectivity index (χ3n) is 7.09. The molecule has 47 heavy (non-hydrogen) atoms. The molecule has 0 saturated heterocycles. The number of benzene rings is 2. The molecule has 2 rings (SSSR count). The van der Waals surface area contributed by atoms with E-state index in [4.69, 9.17) is 14.2 Å². The Morgan fingerprint density at radius 2 is 1.13 bits per heavy atom. The highest BCUT2D eigenvalue weighted by Gasteiger charge is 2.26. The van der Waals surface area contributed by atoms with E-state index in [1.54, 1.807) is 46.4 Å². The van der Waals surface area contributed by atoms with E-state index >= 15 is 0 Å². The average molecular weight is 654 g/mol. The Morgan fingerprint density at radius 1 is 0.660 bits per heavy atom. The first-order valence-corrected chi connectivity index (χ1v) is 16.9. The Labute approximate surface area is 283 Å². The molecule has 0 radical (unpaired) electrons. The molecule has 262 valence electrons. The summed E-state index contributed by atoms with van der Waals surface area (Å²) in [4.78, 5) is 40.4. The first-order valence-electron chi connectivity index (χ1n) is 16.9. The summed E-state index contributed by atoms with van der Waals surface area (Å²) < 4.78 is 16.7. The quantitative estimate of drug-likeness (QED) is 0.187. The van der Waals surface area contributed by atoms with Crippen molar-refractivity contribution in [2.24, 2.45) is 5.92 Å². The zero-order valence-electron chi connectivity index (χ0n) is 30.2. The molecule has 0 aliphatic carbocycles. The molecule has 0 unspecified atom stereocenters. The van der Waals surface area contributed by atoms with E-state index in [9.17, 15) is 14.4 Å². The number of ether oxygens (including phenoxy) is 3. The second kappa shape index (κ2) is 18.6. The highest BCUT2D eigenvalue weighted by molar-refractivity contribution is 5.69. The standard InChI is InChI=1S/C38H59N3O6/c1-36(2,3)45-33(42)39-27-32(40-34(43)46-37(4,5)6)21-16-26-41(35(44)47-38(7,8)9)28-31(24-22-29-17-12-10-13-18-29)25-23-30-19-14-11-15-20-30/h10-15,17-20,31-32H,16,21-28H2,1-9H3,(H,39,42)(H,40,43)/t32-/m0/s1. The number of nitrogens with one attached hydrogen (secondary N) is 2. The fourth-order valence-corrected chi connectivity index (χ4v) is 5.00. The van der Waals surface area contributed by atoms with Crippen LogP contribution in [-0.2, 0) is 27.1 Å². The number of rotatable bonds is 15. The van der Waals surface area contributed by atoms with Gasteiger partial charge in [-0.1, -0.05) is 60.7 Å². The van der Waals surface area contributed by atoms with Crippen LogP contribution in [0.2, 0.25) is 0 Å². The number of nitrogens with zero attached hydrogens (tertiary/aromatic N) is 1. The molecular formula is C38H59N3O6. The van der Waals surface area contributed by atoms with Gasteiger partial charge in [-0.05, 0) is 118 Å². The van der Waals surface area contributed by atoms with Crippen LogP contribution in [0, 0.1) is 5.92 Å². The number of hydrogen-bond acceptors (Lipinski definition) is 6. The predicted molar refractivity (Wildman–Crippen MR) is 187 cm³/mol. The maximum Gasteiger partial charge on any atom is 0.410 e. The van der Waals surface area contributed by atoms with E-state index < -0.39 is 35.0 Å². The highest BCUT2D eigenvalue weighted by atomic mass is 16.6. The number of hydrogen-bond donors (Lipinski definition) is 2. The maximum atomic E-state index is 13.5. The summed E-state index contributed by atoms with van der Waals surface area (Å²) in [6.45, 7) is 17.5. The fourth-order valence-electron chi connectivity index (χ4n) is 5.00. The lowest BCUT2D eigenvalue weighted by molar-refractivity contribution is 0.0207. The molecule has 0 aliphatic heterocycles. The molecule has 0 aromatic heterocycles. The van der Waals surface area contributed by atoms with Crippen molar-refractivity contribution in [1.29, 1.82) is 0 Å². The molecule has 2 N–H and O–H groups in total. The Balaban J connectivity index is 2.18. The van der Waals surface area contributed by atoms with Gasteiger partial charge in [-0.15, -0.1) is 0 Å². The van der Waals surface area contributed by atoms with Gasteiger partial charge in [-0.25, -0.2) is 14.4 Å². The molecule has 2 aromatic carbocycles. The summed E-state index contributed by atoms with van der Waals surface area (Å²) in [5.41, 5.74) is 0.583. The molecule has 0 aliphatic rings. The Morgan fingerprint density at radius 3 is 1.60 bits per heavy atom. The van der Waals surface area contributed by atoms with E-state index in [1.807, 2.05) is 32.9 Å². The topological polar surface area (TPSA) is 106 Å². The zero-order valence-corrected chi connectivity index (χ0v) is 30.2. The van der Waals surface area contributed by atoms with Gasteiger partial charge in [0, 0.05) is 25.7 Å². The second-order valence-corrected chi connectivity index (χ2v) is 15.2. The molecule has 0 fully saturated rings. The molecule has 0 bridgehead atoms. The summed E-state index contributed by atoms with van der Waals surface area (Å²) in [7, 11) is 0. The molecule has 1 atom stereocenters. The van der Waals surface area contributed by atoms with Gasteiger partial charge in [0.2, 0.25) is 0 Å². The van der Waals surface area contributed by atoms with Crippen molar-refractivity contribution in [3.05, 3.63) is 71.8 Å². The minimum Gasteiger partial charge on any atom is -0.444 e. The van der Waals surface area contributed by atoms with Gasteiger partial charge >= 0.3 is 18.3 Å². The van der Waals surface area contributed by atoms with Crippen LogP contribution in [0.5, 0.6) is 0 Å². The number of carbonyl (C=O) groups excluding carboxylic acids is 3. The SMILES string of the molecule is CC(C)(C)OC(=O)NC[C@H](CCCN(CC(CCc1ccccc1)CCc1ccccc1)C(=O)OC(C)(C)C)NC(=O)OC(C)(C)C. The van der Waals surface area contributed by atoms with Crippen molar-refractivity contribution in [1.82, 2.24) is 15.5 Å². The van der Waals surface area contributed by atoms with Crippen molar-refractivity contribution in [2.75, 3.05) is 19.6 Å². The highest BCUT2D eigenvalue weighted by Crippen LogP contribution is 2.21. The third kappa shape index (κ3) is 18.9. The van der Waals surface area contributed by atoms with Crippen molar-refractivity contribution in [2.45, 2.75) is 124 Å². The van der Waals surface area contributed by atoms with E-state index in [-0.39, 0.29) is 18.6 Å². The van der Waals surface area contributed by atoms with Gasteiger partial charge in [0.1, 0.15) is 16.8 Å². The number of alkyl carbamates (subject to hydrolysis) is 2. The van der Waals surface area contributed by atoms with E-state index in [0.717, 1.165) is 25.7 Å². The van der Waals surface area contributed by atoms with Gasteiger partial charge in [-0.2, -0.15) is 0 Å². The summed E-state index contributed by atoms with van der Waals surface area (Å²) in [6, 6.07) is 20.4. The van der Waals surface area contributed by atoms with Crippen LogP contribution in [0.15, 0.2) is 60.7 Å². The summed E-state index contributed by atoms with van der Waals surface area (Å²) in [5.74, 6) is 0.243. The number of amides is 3. The Kier molecular flexibility index (Phi) is 15.6. The molecule has 9 heteroatoms. The first-order chi connectivity index (χ1) is 21.9. The van der Waals surface area contributed by atoms with Gasteiger partial charge in [-0.3, -0.25) is 0 Å². The van der Waals surface area contributed by atoms with Crippen LogP contribution in [-0.4, -0.2) is 65.7 Å². The van der Waals surface area contributed by atoms with Gasteiger partial charge in [0.05, 0.1) is 0 Å². The number of carbonyl (C=O) groups is 3. The first kappa shape index (κ1) is 39.4. The Bertz CT molecular complexity index is 1170. The minimum absolute atomic E-state index is 0.150. The summed E-state index contributed by atoms with van der Waals surface area (Å²) >= 11 is 0. The fraction of sp³-hybridized carbons (Fsp3) is 0.605. The second-order valence-electron chi connectivity index (χ2n) is 15.2. The van der Waals surface area contributed by atoms with Crippen molar-refractivity contribution in [3.8, 4) is 0 Å². The van der Waals surface area contributed by atoms with Gasteiger partial charge < -0.3 is 29.7 Å². The monoisotopic (exact) mass is 653 g/mol. The van der Waals surface area contributed by atoms with Crippen molar-refractivity contribution >= 4 is 18.3 Å². The zero-order chi connectivity index (χ0) is 35.1. The molecule has 2 aromatic rings. The van der Waals surface area contributed by atoms with Gasteiger partial charge in [0.15, 0.2) is 0 Å². The Hall–Kier alpha value is -3.75. The molecule has 9 nitrogen and oxygen atoms in total. The summed E-state index contributed by atoms with van der Waals surface area (Å²) in [6.07, 6.45) is 3.26. The smallest absolute Gasteiger partial charge is 0.410 e. The van der Waals surface area contributed by atoms with Crippen LogP contribution in [0.4, 0.5) is 14.4 Å². The van der Waals surface area contributed by atoms with E-state index in [1.165, 1.54) is 11.1 Å². The average Bonchev–Trinajstić information content (AvgIpc) is 2.94. The van der Waals surface area contributed by atoms with Crippen molar-refractivity contribution in [3.63, 3.8) is 0 Å². The van der Waals surface area contributed by atoms with Crippen LogP contribution in [0.25, 0.3) is 0 Å². The molecule has 3 amide bonds. The van der Waals surface area contributed by atoms with E-state index in [0.29, 0.717) is 25.9 Å². The lowest BCUT2D eigenvalue weighted by Gasteiger charge is -2.31. The number of aryl methyl sites for hydroxylation is 2. The van der Waals surface area contributed by atoms with Crippen LogP contribution < -0.4 is 10.6 Å². The molecule has 0 spiro atoms.